The molecule has 5 rings (SSSR count). The number of carbonyl (C=O) groups excluding carboxylic acids is 1. The van der Waals surface area contributed by atoms with Gasteiger partial charge < -0.3 is 10.0 Å². The first-order valence-corrected chi connectivity index (χ1v) is 10.8. The van der Waals surface area contributed by atoms with E-state index in [1.54, 1.807) is 17.0 Å². The number of H-pyrrole nitrogens is 1. The molecule has 1 aliphatic rings. The van der Waals surface area contributed by atoms with Crippen LogP contribution in [-0.4, -0.2) is 54.4 Å². The minimum absolute atomic E-state index is 0.0122. The van der Waals surface area contributed by atoms with Crippen molar-refractivity contribution in [2.45, 2.75) is 25.0 Å². The van der Waals surface area contributed by atoms with Crippen molar-refractivity contribution < 1.29 is 18.7 Å². The van der Waals surface area contributed by atoms with Gasteiger partial charge in [0, 0.05) is 24.2 Å². The number of hydrogen-bond donors (Lipinski definition) is 2. The summed E-state index contributed by atoms with van der Waals surface area (Å²) in [5, 5.41) is 18.0. The number of amides is 1. The van der Waals surface area contributed by atoms with Gasteiger partial charge in [-0.2, -0.15) is 5.10 Å². The summed E-state index contributed by atoms with van der Waals surface area (Å²) in [7, 11) is 0. The third-order valence-electron chi connectivity index (χ3n) is 6.20. The van der Waals surface area contributed by atoms with Crippen molar-refractivity contribution >= 4 is 16.9 Å². The summed E-state index contributed by atoms with van der Waals surface area (Å²) >= 11 is 0. The number of halogens is 2. The van der Waals surface area contributed by atoms with Crippen LogP contribution in [-0.2, 0) is 6.54 Å². The highest BCUT2D eigenvalue weighted by atomic mass is 19.1. The fourth-order valence-corrected chi connectivity index (χ4v) is 4.23. The van der Waals surface area contributed by atoms with E-state index in [-0.39, 0.29) is 42.2 Å². The maximum Gasteiger partial charge on any atom is 0.279 e. The normalized spacial score (nSPS) is 15.6. The average Bonchev–Trinajstić information content (AvgIpc) is 3.27. The molecule has 0 spiro atoms. The van der Waals surface area contributed by atoms with Crippen LogP contribution < -0.4 is 5.56 Å². The molecule has 4 aromatic rings. The molecule has 1 saturated heterocycles. The summed E-state index contributed by atoms with van der Waals surface area (Å²) in [6, 6.07) is 11.1. The lowest BCUT2D eigenvalue weighted by molar-refractivity contribution is -0.0299. The average molecular weight is 465 g/mol. The lowest BCUT2D eigenvalue weighted by Gasteiger charge is -2.38. The summed E-state index contributed by atoms with van der Waals surface area (Å²) in [4.78, 5) is 31.6. The van der Waals surface area contributed by atoms with Crippen LogP contribution in [0.15, 0.2) is 59.7 Å². The van der Waals surface area contributed by atoms with E-state index in [9.17, 15) is 23.5 Å². The summed E-state index contributed by atoms with van der Waals surface area (Å²) in [5.41, 5.74) is 0.407. The minimum Gasteiger partial charge on any atom is -0.388 e. The number of fused-ring (bicyclic) bond motifs is 1. The zero-order valence-electron chi connectivity index (χ0n) is 18.0. The summed E-state index contributed by atoms with van der Waals surface area (Å²) < 4.78 is 27.7. The van der Waals surface area contributed by atoms with Crippen molar-refractivity contribution in [2.24, 2.45) is 0 Å². The molecule has 8 nitrogen and oxygen atoms in total. The van der Waals surface area contributed by atoms with Gasteiger partial charge in [-0.15, -0.1) is 0 Å². The van der Waals surface area contributed by atoms with Crippen LogP contribution in [0, 0.1) is 11.6 Å². The van der Waals surface area contributed by atoms with Crippen molar-refractivity contribution in [1.82, 2.24) is 24.6 Å². The van der Waals surface area contributed by atoms with Crippen molar-refractivity contribution in [3.63, 3.8) is 0 Å². The minimum atomic E-state index is -1.20. The molecule has 174 valence electrons. The lowest BCUT2D eigenvalue weighted by Crippen LogP contribution is -2.49. The summed E-state index contributed by atoms with van der Waals surface area (Å²) in [6.07, 6.45) is 1.91. The highest BCUT2D eigenvalue weighted by Crippen LogP contribution is 2.26. The van der Waals surface area contributed by atoms with Crippen molar-refractivity contribution in [1.29, 1.82) is 0 Å². The monoisotopic (exact) mass is 465 g/mol. The molecule has 2 aromatic carbocycles. The predicted octanol–water partition coefficient (Wildman–Crippen LogP) is 2.73. The second kappa shape index (κ2) is 8.45. The molecule has 10 heteroatoms. The molecule has 0 radical (unpaired) electrons. The smallest absolute Gasteiger partial charge is 0.279 e. The van der Waals surface area contributed by atoms with E-state index in [2.05, 4.69) is 15.2 Å². The number of carbonyl (C=O) groups is 1. The fourth-order valence-electron chi connectivity index (χ4n) is 4.23. The molecule has 1 fully saturated rings. The fraction of sp³-hybridized carbons (Fsp3) is 0.250. The molecular weight excluding hydrogens is 444 g/mol. The van der Waals surface area contributed by atoms with Crippen LogP contribution in [0.5, 0.6) is 0 Å². The molecule has 0 unspecified atom stereocenters. The van der Waals surface area contributed by atoms with Crippen LogP contribution in [0.25, 0.3) is 22.3 Å². The van der Waals surface area contributed by atoms with E-state index >= 15 is 0 Å². The molecule has 1 aliphatic heterocycles. The number of rotatable bonds is 4. The highest BCUT2D eigenvalue weighted by molar-refractivity contribution is 5.94. The van der Waals surface area contributed by atoms with Gasteiger partial charge in [0.05, 0.1) is 18.5 Å². The second-order valence-corrected chi connectivity index (χ2v) is 8.50. The quantitative estimate of drug-likeness (QED) is 0.482. The number of aromatic amines is 1. The van der Waals surface area contributed by atoms with Crippen LogP contribution in [0.3, 0.4) is 0 Å². The zero-order valence-corrected chi connectivity index (χ0v) is 18.0. The first kappa shape index (κ1) is 21.9. The topological polar surface area (TPSA) is 104 Å². The van der Waals surface area contributed by atoms with Crippen molar-refractivity contribution in [3.05, 3.63) is 82.4 Å². The van der Waals surface area contributed by atoms with Gasteiger partial charge in [0.15, 0.2) is 0 Å². The molecule has 1 amide bonds. The molecular formula is C24H21F2N5O3. The molecule has 0 bridgehead atoms. The Kier molecular flexibility index (Phi) is 5.45. The second-order valence-electron chi connectivity index (χ2n) is 8.50. The van der Waals surface area contributed by atoms with Gasteiger partial charge in [0.25, 0.3) is 11.5 Å². The first-order chi connectivity index (χ1) is 16.3. The molecule has 3 heterocycles. The van der Waals surface area contributed by atoms with Gasteiger partial charge in [-0.05, 0) is 61.4 Å². The van der Waals surface area contributed by atoms with Gasteiger partial charge in [0.1, 0.15) is 28.4 Å². The van der Waals surface area contributed by atoms with Crippen molar-refractivity contribution in [3.8, 4) is 11.3 Å². The third-order valence-corrected chi connectivity index (χ3v) is 6.20. The maximum absolute atomic E-state index is 13.2. The zero-order chi connectivity index (χ0) is 23.9. The first-order valence-electron chi connectivity index (χ1n) is 10.8. The standard InChI is InChI=1S/C24H21F2N5O3/c25-17-5-1-15(2-6-17)19-20-21(29-28-19)23(33)31(14-27-20)13-24(34)9-11-30(12-10-24)22(32)16-3-7-18(26)8-4-16/h1-8,14,34H,9-13H2,(H,28,29). The highest BCUT2D eigenvalue weighted by Gasteiger charge is 2.35. The van der Waals surface area contributed by atoms with Gasteiger partial charge in [-0.3, -0.25) is 19.3 Å². The predicted molar refractivity (Wildman–Crippen MR) is 120 cm³/mol. The third kappa shape index (κ3) is 4.08. The molecule has 0 saturated carbocycles. The summed E-state index contributed by atoms with van der Waals surface area (Å²) in [6.45, 7) is 0.615. The Labute approximate surface area is 192 Å². The Morgan fingerprint density at radius 3 is 2.29 bits per heavy atom. The number of likely N-dealkylation sites (tertiary alicyclic amines) is 1. The number of benzene rings is 2. The number of nitrogens with one attached hydrogen (secondary N) is 1. The Bertz CT molecular complexity index is 1410. The Hall–Kier alpha value is -3.92. The van der Waals surface area contributed by atoms with Crippen LogP contribution in [0.1, 0.15) is 23.2 Å². The Balaban J connectivity index is 1.32. The van der Waals surface area contributed by atoms with Gasteiger partial charge >= 0.3 is 0 Å². The number of aromatic nitrogens is 4. The van der Waals surface area contributed by atoms with Crippen LogP contribution >= 0.6 is 0 Å². The number of aliphatic hydroxyl groups is 1. The lowest BCUT2D eigenvalue weighted by atomic mass is 9.91. The van der Waals surface area contributed by atoms with E-state index in [4.69, 9.17) is 0 Å². The van der Waals surface area contributed by atoms with Gasteiger partial charge in [-0.1, -0.05) is 0 Å². The molecule has 0 atom stereocenters. The van der Waals surface area contributed by atoms with Crippen molar-refractivity contribution in [2.75, 3.05) is 13.1 Å². The van der Waals surface area contributed by atoms with Gasteiger partial charge in [-0.25, -0.2) is 13.8 Å². The van der Waals surface area contributed by atoms with E-state index in [1.165, 1.54) is 47.3 Å². The maximum atomic E-state index is 13.2. The number of nitrogens with zero attached hydrogens (tertiary/aromatic N) is 4. The van der Waals surface area contributed by atoms with E-state index in [1.807, 2.05) is 0 Å². The van der Waals surface area contributed by atoms with Crippen LogP contribution in [0.4, 0.5) is 8.78 Å². The Morgan fingerprint density at radius 1 is 1.03 bits per heavy atom. The van der Waals surface area contributed by atoms with E-state index < -0.39 is 11.4 Å². The summed E-state index contributed by atoms with van der Waals surface area (Å²) in [5.74, 6) is -1.02. The molecule has 2 N–H and O–H groups in total. The molecule has 0 aliphatic carbocycles. The molecule has 34 heavy (non-hydrogen) atoms. The van der Waals surface area contributed by atoms with Crippen LogP contribution in [0.2, 0.25) is 0 Å². The largest absolute Gasteiger partial charge is 0.388 e. The van der Waals surface area contributed by atoms with Gasteiger partial charge in [0.2, 0.25) is 0 Å². The van der Waals surface area contributed by atoms with E-state index in [0.29, 0.717) is 35.4 Å². The molecule has 2 aromatic heterocycles. The SMILES string of the molecule is O=C(c1ccc(F)cc1)N1CCC(O)(Cn2cnc3c(-c4ccc(F)cc4)n[nH]c3c2=O)CC1. The number of hydrogen-bond acceptors (Lipinski definition) is 5. The number of piperidine rings is 1. The Morgan fingerprint density at radius 2 is 1.65 bits per heavy atom. The van der Waals surface area contributed by atoms with E-state index in [0.717, 1.165) is 0 Å².